The number of aromatic nitrogens is 2. The van der Waals surface area contributed by atoms with Gasteiger partial charge in [0, 0.05) is 18.4 Å². The Labute approximate surface area is 194 Å². The number of likely N-dealkylation sites (tertiary alicyclic amines) is 1. The summed E-state index contributed by atoms with van der Waals surface area (Å²) < 4.78 is 2.05. The first kappa shape index (κ1) is 22.4. The molecule has 0 bridgehead atoms. The Morgan fingerprint density at radius 2 is 1.88 bits per heavy atom. The summed E-state index contributed by atoms with van der Waals surface area (Å²) in [4.78, 5) is 19.6. The minimum atomic E-state index is -0.0388. The van der Waals surface area contributed by atoms with Gasteiger partial charge in [-0.15, -0.1) is 0 Å². The molecule has 0 aliphatic carbocycles. The molecule has 1 fully saturated rings. The third-order valence-electron chi connectivity index (χ3n) is 5.84. The van der Waals surface area contributed by atoms with Crippen molar-refractivity contribution in [2.45, 2.75) is 37.9 Å². The number of carbonyl (C=O) groups excluding carboxylic acids is 1. The zero-order valence-electron chi connectivity index (χ0n) is 19.0. The number of aryl methyl sites for hydroxylation is 2. The van der Waals surface area contributed by atoms with Crippen LogP contribution in [0.3, 0.4) is 0 Å². The number of amides is 1. The Hall–Kier alpha value is -2.77. The molecule has 0 atom stereocenters. The van der Waals surface area contributed by atoms with Crippen LogP contribution in [0.25, 0.3) is 5.69 Å². The lowest BCUT2D eigenvalue weighted by Crippen LogP contribution is -2.36. The number of piperidine rings is 1. The molecule has 7 heteroatoms. The first-order valence-electron chi connectivity index (χ1n) is 11.1. The number of rotatable bonds is 7. The van der Waals surface area contributed by atoms with Crippen molar-refractivity contribution in [3.63, 3.8) is 0 Å². The van der Waals surface area contributed by atoms with Gasteiger partial charge in [0.15, 0.2) is 5.16 Å². The van der Waals surface area contributed by atoms with Crippen molar-refractivity contribution in [3.05, 3.63) is 66.0 Å². The van der Waals surface area contributed by atoms with Gasteiger partial charge in [-0.2, -0.15) is 0 Å². The van der Waals surface area contributed by atoms with Gasteiger partial charge in [0.05, 0.1) is 22.8 Å². The Morgan fingerprint density at radius 1 is 1.12 bits per heavy atom. The van der Waals surface area contributed by atoms with E-state index < -0.39 is 0 Å². The normalized spacial score (nSPS) is 15.0. The van der Waals surface area contributed by atoms with Crippen molar-refractivity contribution < 1.29 is 4.79 Å². The van der Waals surface area contributed by atoms with Crippen molar-refractivity contribution in [2.75, 3.05) is 36.5 Å². The Balaban J connectivity index is 1.39. The smallest absolute Gasteiger partial charge is 0.234 e. The van der Waals surface area contributed by atoms with Gasteiger partial charge in [0.2, 0.25) is 5.91 Å². The van der Waals surface area contributed by atoms with E-state index in [1.807, 2.05) is 30.5 Å². The van der Waals surface area contributed by atoms with Gasteiger partial charge in [-0.3, -0.25) is 9.36 Å². The lowest BCUT2D eigenvalue weighted by Gasteiger charge is -2.30. The fraction of sp³-hybridized carbons (Fsp3) is 0.360. The SMILES string of the molecule is Cc1ccc(C)c(-n2ccnc2SCC(=O)Nc2ccccc2NC2CCN(C)CC2)c1. The quantitative estimate of drug-likeness (QED) is 0.511. The van der Waals surface area contributed by atoms with E-state index in [-0.39, 0.29) is 5.91 Å². The average Bonchev–Trinajstić information content (AvgIpc) is 3.25. The van der Waals surface area contributed by atoms with Crippen molar-refractivity contribution in [2.24, 2.45) is 0 Å². The van der Waals surface area contributed by atoms with Crippen LogP contribution in [0.2, 0.25) is 0 Å². The van der Waals surface area contributed by atoms with Gasteiger partial charge < -0.3 is 15.5 Å². The second-order valence-corrected chi connectivity index (χ2v) is 9.42. The van der Waals surface area contributed by atoms with Gasteiger partial charge in [0.25, 0.3) is 0 Å². The van der Waals surface area contributed by atoms with Crippen LogP contribution >= 0.6 is 11.8 Å². The number of thioether (sulfide) groups is 1. The third-order valence-corrected chi connectivity index (χ3v) is 6.81. The highest BCUT2D eigenvalue weighted by molar-refractivity contribution is 7.99. The Kier molecular flexibility index (Phi) is 7.17. The van der Waals surface area contributed by atoms with E-state index in [1.165, 1.54) is 22.9 Å². The number of hydrogen-bond donors (Lipinski definition) is 2. The van der Waals surface area contributed by atoms with Crippen molar-refractivity contribution >= 4 is 29.0 Å². The van der Waals surface area contributed by atoms with E-state index in [0.29, 0.717) is 11.8 Å². The molecule has 1 aliphatic heterocycles. The summed E-state index contributed by atoms with van der Waals surface area (Å²) in [6, 6.07) is 14.7. The van der Waals surface area contributed by atoms with Gasteiger partial charge in [-0.1, -0.05) is 36.0 Å². The monoisotopic (exact) mass is 449 g/mol. The predicted molar refractivity (Wildman–Crippen MR) is 133 cm³/mol. The molecule has 4 rings (SSSR count). The van der Waals surface area contributed by atoms with Crippen LogP contribution < -0.4 is 10.6 Å². The second-order valence-electron chi connectivity index (χ2n) is 8.47. The topological polar surface area (TPSA) is 62.2 Å². The van der Waals surface area contributed by atoms with E-state index in [9.17, 15) is 4.79 Å². The molecule has 32 heavy (non-hydrogen) atoms. The van der Waals surface area contributed by atoms with Gasteiger partial charge in [0.1, 0.15) is 0 Å². The molecule has 0 unspecified atom stereocenters. The summed E-state index contributed by atoms with van der Waals surface area (Å²) >= 11 is 1.45. The summed E-state index contributed by atoms with van der Waals surface area (Å²) in [7, 11) is 2.16. The number of para-hydroxylation sites is 2. The number of imidazole rings is 1. The zero-order chi connectivity index (χ0) is 22.5. The number of carbonyl (C=O) groups is 1. The third kappa shape index (κ3) is 5.53. The van der Waals surface area contributed by atoms with Crippen molar-refractivity contribution in [1.29, 1.82) is 0 Å². The fourth-order valence-electron chi connectivity index (χ4n) is 3.97. The summed E-state index contributed by atoms with van der Waals surface area (Å²) in [6.45, 7) is 6.35. The molecule has 2 N–H and O–H groups in total. The molecule has 0 spiro atoms. The average molecular weight is 450 g/mol. The highest BCUT2D eigenvalue weighted by Crippen LogP contribution is 2.26. The van der Waals surface area contributed by atoms with E-state index >= 15 is 0 Å². The molecule has 2 heterocycles. The molecule has 1 aromatic heterocycles. The van der Waals surface area contributed by atoms with Gasteiger partial charge >= 0.3 is 0 Å². The lowest BCUT2D eigenvalue weighted by atomic mass is 10.0. The molecule has 0 saturated carbocycles. The standard InChI is InChI=1S/C25H31N5OS/c1-18-8-9-19(2)23(16-18)30-15-12-26-25(30)32-17-24(31)28-22-7-5-4-6-21(22)27-20-10-13-29(3)14-11-20/h4-9,12,15-16,20,27H,10-11,13-14,17H2,1-3H3,(H,28,31). The van der Waals surface area contributed by atoms with Crippen LogP contribution in [0.15, 0.2) is 60.0 Å². The van der Waals surface area contributed by atoms with Crippen LogP contribution in [0.1, 0.15) is 24.0 Å². The predicted octanol–water partition coefficient (Wildman–Crippen LogP) is 4.73. The van der Waals surface area contributed by atoms with Crippen molar-refractivity contribution in [1.82, 2.24) is 14.5 Å². The van der Waals surface area contributed by atoms with E-state index in [2.05, 4.69) is 64.2 Å². The molecule has 6 nitrogen and oxygen atoms in total. The number of hydrogen-bond acceptors (Lipinski definition) is 5. The van der Waals surface area contributed by atoms with Crippen molar-refractivity contribution in [3.8, 4) is 5.69 Å². The summed E-state index contributed by atoms with van der Waals surface area (Å²) in [5.74, 6) is 0.257. The maximum Gasteiger partial charge on any atom is 0.234 e. The lowest BCUT2D eigenvalue weighted by molar-refractivity contribution is -0.113. The molecular weight excluding hydrogens is 418 g/mol. The number of nitrogens with one attached hydrogen (secondary N) is 2. The van der Waals surface area contributed by atoms with Crippen LogP contribution in [0, 0.1) is 13.8 Å². The number of nitrogens with zero attached hydrogens (tertiary/aromatic N) is 3. The number of benzene rings is 2. The van der Waals surface area contributed by atoms with Crippen LogP contribution in [-0.4, -0.2) is 52.3 Å². The second kappa shape index (κ2) is 10.2. The van der Waals surface area contributed by atoms with Gasteiger partial charge in [-0.05, 0) is 76.2 Å². The van der Waals surface area contributed by atoms with Crippen LogP contribution in [0.5, 0.6) is 0 Å². The van der Waals surface area contributed by atoms with Gasteiger partial charge in [-0.25, -0.2) is 4.98 Å². The van der Waals surface area contributed by atoms with E-state index in [4.69, 9.17) is 0 Å². The molecule has 0 radical (unpaired) electrons. The zero-order valence-corrected chi connectivity index (χ0v) is 19.8. The Morgan fingerprint density at radius 3 is 2.66 bits per heavy atom. The van der Waals surface area contributed by atoms with E-state index in [1.54, 1.807) is 6.20 Å². The highest BCUT2D eigenvalue weighted by Gasteiger charge is 2.18. The maximum absolute atomic E-state index is 12.8. The molecule has 2 aromatic carbocycles. The summed E-state index contributed by atoms with van der Waals surface area (Å²) in [5.41, 5.74) is 5.28. The van der Waals surface area contributed by atoms with Crippen LogP contribution in [-0.2, 0) is 4.79 Å². The minimum absolute atomic E-state index is 0.0388. The van der Waals surface area contributed by atoms with Crippen LogP contribution in [0.4, 0.5) is 11.4 Å². The molecule has 168 valence electrons. The Bertz CT molecular complexity index is 1070. The molecule has 1 amide bonds. The number of anilines is 2. The summed E-state index contributed by atoms with van der Waals surface area (Å²) in [5, 5.41) is 7.52. The fourth-order valence-corrected chi connectivity index (χ4v) is 4.73. The first-order valence-corrected chi connectivity index (χ1v) is 12.1. The van der Waals surface area contributed by atoms with E-state index in [0.717, 1.165) is 48.1 Å². The highest BCUT2D eigenvalue weighted by atomic mass is 32.2. The first-order chi connectivity index (χ1) is 15.5. The molecular formula is C25H31N5OS. The summed E-state index contributed by atoms with van der Waals surface area (Å²) in [6.07, 6.45) is 5.94. The maximum atomic E-state index is 12.8. The molecule has 3 aromatic rings. The molecule has 1 saturated heterocycles. The molecule has 1 aliphatic rings. The minimum Gasteiger partial charge on any atom is -0.381 e. The largest absolute Gasteiger partial charge is 0.381 e.